The largest absolute Gasteiger partial charge is 0.313 e. The number of carbonyl (C=O) groups is 1. The van der Waals surface area contributed by atoms with Crippen molar-refractivity contribution >= 4 is 21.7 Å². The minimum atomic E-state index is 0.222. The first-order valence-electron chi connectivity index (χ1n) is 6.40. The van der Waals surface area contributed by atoms with Crippen molar-refractivity contribution in [3.8, 4) is 0 Å². The van der Waals surface area contributed by atoms with Crippen molar-refractivity contribution in [2.45, 2.75) is 51.0 Å². The molecule has 0 bridgehead atoms. The number of nitrogens with one attached hydrogen (secondary N) is 1. The van der Waals surface area contributed by atoms with Gasteiger partial charge in [0.05, 0.1) is 0 Å². The zero-order valence-corrected chi connectivity index (χ0v) is 11.3. The highest BCUT2D eigenvalue weighted by Gasteiger charge is 2.30. The maximum atomic E-state index is 12.0. The quantitative estimate of drug-likeness (QED) is 0.741. The summed E-state index contributed by atoms with van der Waals surface area (Å²) in [6.07, 6.45) is 10.2. The van der Waals surface area contributed by atoms with Crippen LogP contribution < -0.4 is 5.32 Å². The average molecular weight is 286 g/mol. The molecule has 1 heterocycles. The van der Waals surface area contributed by atoms with Crippen molar-refractivity contribution in [2.24, 2.45) is 5.92 Å². The van der Waals surface area contributed by atoms with E-state index >= 15 is 0 Å². The van der Waals surface area contributed by atoms with Gasteiger partial charge >= 0.3 is 0 Å². The number of hydrogen-bond acceptors (Lipinski definition) is 2. The van der Waals surface area contributed by atoms with Gasteiger partial charge in [-0.15, -0.1) is 0 Å². The fourth-order valence-electron chi connectivity index (χ4n) is 2.74. The molecule has 0 aromatic rings. The molecule has 0 spiro atoms. The summed E-state index contributed by atoms with van der Waals surface area (Å²) in [5.74, 6) is 0.538. The lowest BCUT2D eigenvalue weighted by molar-refractivity contribution is -0.119. The van der Waals surface area contributed by atoms with Crippen LogP contribution in [-0.2, 0) is 4.79 Å². The third-order valence-corrected chi connectivity index (χ3v) is 4.22. The van der Waals surface area contributed by atoms with Crippen LogP contribution in [0, 0.1) is 5.92 Å². The number of hydrogen-bond donors (Lipinski definition) is 1. The highest BCUT2D eigenvalue weighted by atomic mass is 79.9. The second-order valence-corrected chi connectivity index (χ2v) is 5.94. The first-order valence-corrected chi connectivity index (χ1v) is 7.20. The van der Waals surface area contributed by atoms with Crippen LogP contribution in [0.25, 0.3) is 0 Å². The summed E-state index contributed by atoms with van der Waals surface area (Å²) in [4.78, 5) is 12.0. The summed E-state index contributed by atoms with van der Waals surface area (Å²) in [7, 11) is 0. The van der Waals surface area contributed by atoms with E-state index in [1.165, 1.54) is 32.1 Å². The Labute approximate surface area is 106 Å². The first-order chi connectivity index (χ1) is 7.77. The lowest BCUT2D eigenvalue weighted by Gasteiger charge is -2.30. The van der Waals surface area contributed by atoms with Gasteiger partial charge in [0.15, 0.2) is 5.78 Å². The molecule has 90 valence electrons. The fourth-order valence-corrected chi connectivity index (χ4v) is 3.31. The van der Waals surface area contributed by atoms with Gasteiger partial charge in [0.25, 0.3) is 0 Å². The van der Waals surface area contributed by atoms with E-state index in [0.29, 0.717) is 11.8 Å². The number of rotatable bonds is 0. The Bertz CT molecular complexity index is 288. The van der Waals surface area contributed by atoms with Crippen molar-refractivity contribution in [1.29, 1.82) is 0 Å². The minimum Gasteiger partial charge on any atom is -0.313 e. The van der Waals surface area contributed by atoms with Gasteiger partial charge in [-0.1, -0.05) is 41.6 Å². The molecule has 1 fully saturated rings. The summed E-state index contributed by atoms with van der Waals surface area (Å²) in [6.45, 7) is 1.06. The molecule has 2 atom stereocenters. The molecule has 0 radical (unpaired) electrons. The predicted octanol–water partition coefficient (Wildman–Crippen LogP) is 3.17. The molecule has 1 saturated heterocycles. The fraction of sp³-hybridized carbons (Fsp3) is 0.769. The monoisotopic (exact) mass is 285 g/mol. The Balaban J connectivity index is 2.04. The van der Waals surface area contributed by atoms with Crippen molar-refractivity contribution in [2.75, 3.05) is 6.54 Å². The highest BCUT2D eigenvalue weighted by molar-refractivity contribution is 9.11. The first kappa shape index (κ1) is 12.3. The Morgan fingerprint density at radius 1 is 1.19 bits per heavy atom. The average Bonchev–Trinajstić information content (AvgIpc) is 2.25. The zero-order valence-electron chi connectivity index (χ0n) is 9.68. The second kappa shape index (κ2) is 5.97. The minimum absolute atomic E-state index is 0.222. The molecule has 16 heavy (non-hydrogen) atoms. The molecule has 2 nitrogen and oxygen atoms in total. The van der Waals surface area contributed by atoms with Gasteiger partial charge in [-0.25, -0.2) is 0 Å². The van der Waals surface area contributed by atoms with Gasteiger partial charge in [0.1, 0.15) is 0 Å². The van der Waals surface area contributed by atoms with Crippen LogP contribution in [0.15, 0.2) is 10.6 Å². The number of allylic oxidation sites excluding steroid dienone is 1. The van der Waals surface area contributed by atoms with Gasteiger partial charge in [0, 0.05) is 16.4 Å². The zero-order chi connectivity index (χ0) is 11.4. The second-order valence-electron chi connectivity index (χ2n) is 4.92. The normalized spacial score (nSPS) is 32.8. The van der Waals surface area contributed by atoms with Gasteiger partial charge < -0.3 is 5.32 Å². The maximum Gasteiger partial charge on any atom is 0.161 e. The summed E-state index contributed by atoms with van der Waals surface area (Å²) < 4.78 is 1.06. The predicted molar refractivity (Wildman–Crippen MR) is 69.6 cm³/mol. The Morgan fingerprint density at radius 3 is 2.81 bits per heavy atom. The van der Waals surface area contributed by atoms with Crippen LogP contribution in [0.4, 0.5) is 0 Å². The van der Waals surface area contributed by atoms with Gasteiger partial charge in [-0.3, -0.25) is 4.79 Å². The molecule has 1 N–H and O–H groups in total. The third kappa shape index (κ3) is 3.17. The van der Waals surface area contributed by atoms with E-state index in [0.717, 1.165) is 23.9 Å². The lowest BCUT2D eigenvalue weighted by atomic mass is 9.83. The smallest absolute Gasteiger partial charge is 0.161 e. The molecular formula is C13H20BrNO. The summed E-state index contributed by atoms with van der Waals surface area (Å²) in [5.41, 5.74) is 0. The molecule has 2 unspecified atom stereocenters. The van der Waals surface area contributed by atoms with E-state index in [1.54, 1.807) is 6.08 Å². The topological polar surface area (TPSA) is 29.1 Å². The Hall–Kier alpha value is -0.150. The number of fused-ring (bicyclic) bond motifs is 1. The van der Waals surface area contributed by atoms with Gasteiger partial charge in [-0.05, 0) is 31.9 Å². The van der Waals surface area contributed by atoms with Crippen LogP contribution in [0.3, 0.4) is 0 Å². The molecule has 0 aromatic heterocycles. The van der Waals surface area contributed by atoms with E-state index in [9.17, 15) is 4.79 Å². The number of halogens is 1. The summed E-state index contributed by atoms with van der Waals surface area (Å²) in [6, 6.07) is 0.366. The lowest BCUT2D eigenvalue weighted by Crippen LogP contribution is -2.42. The molecule has 0 saturated carbocycles. The Morgan fingerprint density at radius 2 is 1.94 bits per heavy atom. The maximum absolute atomic E-state index is 12.0. The molecular weight excluding hydrogens is 266 g/mol. The van der Waals surface area contributed by atoms with Crippen LogP contribution in [0.1, 0.15) is 44.9 Å². The molecule has 3 heteroatoms. The highest BCUT2D eigenvalue weighted by Crippen LogP contribution is 2.29. The van der Waals surface area contributed by atoms with Crippen LogP contribution in [0.5, 0.6) is 0 Å². The van der Waals surface area contributed by atoms with Crippen LogP contribution >= 0.6 is 15.9 Å². The van der Waals surface area contributed by atoms with Crippen molar-refractivity contribution in [3.63, 3.8) is 0 Å². The molecule has 0 amide bonds. The van der Waals surface area contributed by atoms with E-state index < -0.39 is 0 Å². The van der Waals surface area contributed by atoms with E-state index in [2.05, 4.69) is 21.2 Å². The summed E-state index contributed by atoms with van der Waals surface area (Å²) in [5, 5.41) is 3.56. The molecule has 0 aromatic carbocycles. The van der Waals surface area contributed by atoms with Crippen molar-refractivity contribution in [3.05, 3.63) is 10.6 Å². The number of ketones is 1. The molecule has 1 aliphatic heterocycles. The molecule has 1 aliphatic carbocycles. The van der Waals surface area contributed by atoms with Gasteiger partial charge in [-0.2, -0.15) is 0 Å². The van der Waals surface area contributed by atoms with Crippen LogP contribution in [-0.4, -0.2) is 18.4 Å². The van der Waals surface area contributed by atoms with E-state index in [4.69, 9.17) is 0 Å². The summed E-state index contributed by atoms with van der Waals surface area (Å²) >= 11 is 3.47. The van der Waals surface area contributed by atoms with E-state index in [-0.39, 0.29) is 5.92 Å². The van der Waals surface area contributed by atoms with Crippen molar-refractivity contribution < 1.29 is 4.79 Å². The van der Waals surface area contributed by atoms with Crippen molar-refractivity contribution in [1.82, 2.24) is 5.32 Å². The Kier molecular flexibility index (Phi) is 4.59. The SMILES string of the molecule is O=C1C=C(Br)CC2NCCCCCCCC12. The van der Waals surface area contributed by atoms with Crippen LogP contribution in [0.2, 0.25) is 0 Å². The number of carbonyl (C=O) groups excluding carboxylic acids is 1. The molecule has 2 rings (SSSR count). The molecule has 2 aliphatic rings. The van der Waals surface area contributed by atoms with Gasteiger partial charge in [0.2, 0.25) is 0 Å². The third-order valence-electron chi connectivity index (χ3n) is 3.66. The van der Waals surface area contributed by atoms with E-state index in [1.807, 2.05) is 0 Å². The standard InChI is InChI=1S/C13H20BrNO/c14-10-8-12-11(13(16)9-10)6-4-2-1-3-5-7-15-12/h9,11-12,15H,1-8H2.